The number of methoxy groups -OCH3 is 2. The second-order valence-corrected chi connectivity index (χ2v) is 9.27. The Balaban J connectivity index is 0.000000367. The number of imidazole rings is 1. The monoisotopic (exact) mass is 613 g/mol. The Hall–Kier alpha value is -5.58. The van der Waals surface area contributed by atoms with Crippen molar-refractivity contribution in [1.82, 2.24) is 27.8 Å². The van der Waals surface area contributed by atoms with Crippen molar-refractivity contribution in [3.8, 4) is 0 Å². The van der Waals surface area contributed by atoms with Crippen LogP contribution in [-0.2, 0) is 52.9 Å². The molecule has 1 atom stereocenters. The summed E-state index contributed by atoms with van der Waals surface area (Å²) in [5.41, 5.74) is -1.45. The number of hydrogen-bond acceptors (Lipinski definition) is 10. The van der Waals surface area contributed by atoms with Crippen molar-refractivity contribution in [2.24, 2.45) is 25.0 Å². The lowest BCUT2D eigenvalue weighted by Gasteiger charge is -2.12. The molecule has 236 valence electrons. The topological polar surface area (TPSA) is 179 Å². The molecule has 0 amide bonds. The summed E-state index contributed by atoms with van der Waals surface area (Å²) in [6, 6.07) is -0.772. The molecule has 0 radical (unpaired) electrons. The summed E-state index contributed by atoms with van der Waals surface area (Å²) < 4.78 is 14.6. The van der Waals surface area contributed by atoms with Gasteiger partial charge >= 0.3 is 23.3 Å². The van der Waals surface area contributed by atoms with Gasteiger partial charge in [0, 0.05) is 26.7 Å². The molecular weight excluding hydrogens is 578 g/mol. The van der Waals surface area contributed by atoms with E-state index in [-0.39, 0.29) is 43.8 Å². The zero-order valence-electron chi connectivity index (χ0n) is 24.7. The molecule has 3 aromatic heterocycles. The van der Waals surface area contributed by atoms with Gasteiger partial charge in [0.1, 0.15) is 11.9 Å². The Morgan fingerprint density at radius 1 is 0.909 bits per heavy atom. The van der Waals surface area contributed by atoms with E-state index < -0.39 is 34.5 Å². The summed E-state index contributed by atoms with van der Waals surface area (Å²) in [6.45, 7) is 18.0. The zero-order valence-corrected chi connectivity index (χ0v) is 24.7. The van der Waals surface area contributed by atoms with Crippen LogP contribution in [0.3, 0.4) is 0 Å². The largest absolute Gasteiger partial charge is 0.469 e. The van der Waals surface area contributed by atoms with Crippen LogP contribution in [0.2, 0.25) is 0 Å². The molecule has 17 nitrogen and oxygen atoms in total. The molecule has 0 saturated carbocycles. The van der Waals surface area contributed by atoms with Gasteiger partial charge in [-0.25, -0.2) is 37.5 Å². The number of nitrogens with zero attached hydrogens (tertiary/aromatic N) is 9. The molecule has 0 bridgehead atoms. The molecule has 1 aliphatic heterocycles. The average molecular weight is 614 g/mol. The predicted octanol–water partition coefficient (Wildman–Crippen LogP) is 0.641. The van der Waals surface area contributed by atoms with Crippen LogP contribution in [0.4, 0.5) is 5.82 Å². The standard InChI is InChI=1S/C12H13N5O4.C9H8N4O2.C5H10O2.CH4/c1-7(11(19)21-4)16-6-14-9-8(16)10(18)17(5-13-2)12(20)15(9)3;1-10-5-13-8(14)6-3-4-11-7(6)12(2)9(13)15;1-4(2)5(6)7-3;/h6-7H,5H2,1,3-4H3;4H,3,5H2,2H3;4H,1-3H3;1H4/t7-;;;/m0.../s1. The van der Waals surface area contributed by atoms with Gasteiger partial charge in [0.05, 0.1) is 32.0 Å². The predicted molar refractivity (Wildman–Crippen MR) is 161 cm³/mol. The van der Waals surface area contributed by atoms with Gasteiger partial charge in [0.15, 0.2) is 11.2 Å². The Morgan fingerprint density at radius 3 is 1.91 bits per heavy atom. The van der Waals surface area contributed by atoms with Gasteiger partial charge in [-0.3, -0.25) is 33.2 Å². The van der Waals surface area contributed by atoms with Crippen LogP contribution in [0.1, 0.15) is 39.8 Å². The van der Waals surface area contributed by atoms with Gasteiger partial charge in [-0.2, -0.15) is 9.13 Å². The van der Waals surface area contributed by atoms with Crippen LogP contribution < -0.4 is 22.5 Å². The third-order valence-electron chi connectivity index (χ3n) is 6.23. The number of carbonyl (C=O) groups excluding carboxylic acids is 2. The van der Waals surface area contributed by atoms with Crippen LogP contribution in [0.15, 0.2) is 30.5 Å². The minimum Gasteiger partial charge on any atom is -0.469 e. The summed E-state index contributed by atoms with van der Waals surface area (Å²) in [6.07, 6.45) is 3.32. The lowest BCUT2D eigenvalue weighted by atomic mass is 10.2. The van der Waals surface area contributed by atoms with Crippen molar-refractivity contribution in [3.05, 3.63) is 76.4 Å². The number of aromatic nitrogens is 6. The molecule has 17 heteroatoms. The van der Waals surface area contributed by atoms with E-state index in [0.717, 1.165) is 9.13 Å². The van der Waals surface area contributed by atoms with E-state index in [0.29, 0.717) is 17.8 Å². The third kappa shape index (κ3) is 7.24. The fraction of sp³-hybridized carbons (Fsp3) is 0.481. The average Bonchev–Trinajstić information content (AvgIpc) is 3.67. The highest BCUT2D eigenvalue weighted by molar-refractivity contribution is 5.78. The molecule has 0 fully saturated rings. The maximum atomic E-state index is 12.4. The molecule has 1 aliphatic rings. The number of aliphatic imine (C=N–C) groups is 1. The van der Waals surface area contributed by atoms with E-state index >= 15 is 0 Å². The highest BCUT2D eigenvalue weighted by Crippen LogP contribution is 2.17. The molecule has 0 unspecified atom stereocenters. The fourth-order valence-electron chi connectivity index (χ4n) is 3.88. The van der Waals surface area contributed by atoms with Crippen molar-refractivity contribution in [1.29, 1.82) is 0 Å². The number of hydrogen-bond donors (Lipinski definition) is 0. The molecule has 0 saturated heterocycles. The number of fused-ring (bicyclic) bond motifs is 2. The maximum Gasteiger partial charge on any atom is 0.338 e. The lowest BCUT2D eigenvalue weighted by Crippen LogP contribution is -2.39. The minimum atomic E-state index is -0.772. The van der Waals surface area contributed by atoms with Crippen molar-refractivity contribution in [2.45, 2.75) is 54.0 Å². The Labute approximate surface area is 251 Å². The van der Waals surface area contributed by atoms with Crippen molar-refractivity contribution in [2.75, 3.05) is 14.2 Å². The first kappa shape index (κ1) is 36.4. The number of rotatable bonds is 5. The Kier molecular flexibility index (Phi) is 12.9. The Morgan fingerprint density at radius 2 is 1.43 bits per heavy atom. The van der Waals surface area contributed by atoms with E-state index in [4.69, 9.17) is 13.1 Å². The van der Waals surface area contributed by atoms with E-state index in [1.54, 1.807) is 34.0 Å². The third-order valence-corrected chi connectivity index (χ3v) is 6.23. The summed E-state index contributed by atoms with van der Waals surface area (Å²) >= 11 is 0. The molecule has 0 aliphatic carbocycles. The van der Waals surface area contributed by atoms with E-state index in [1.807, 2.05) is 0 Å². The van der Waals surface area contributed by atoms with E-state index in [1.165, 1.54) is 41.3 Å². The van der Waals surface area contributed by atoms with Crippen LogP contribution >= 0.6 is 0 Å². The van der Waals surface area contributed by atoms with E-state index in [2.05, 4.69) is 29.1 Å². The molecule has 3 aromatic rings. The number of ether oxygens (including phenoxy) is 2. The fourth-order valence-corrected chi connectivity index (χ4v) is 3.88. The summed E-state index contributed by atoms with van der Waals surface area (Å²) in [5.74, 6) is -0.282. The van der Waals surface area contributed by atoms with Gasteiger partial charge in [0.2, 0.25) is 0 Å². The highest BCUT2D eigenvalue weighted by Gasteiger charge is 2.23. The van der Waals surface area contributed by atoms with E-state index in [9.17, 15) is 28.8 Å². The summed E-state index contributed by atoms with van der Waals surface area (Å²) in [4.78, 5) is 83.8. The van der Waals surface area contributed by atoms with Crippen LogP contribution in [0.25, 0.3) is 20.9 Å². The lowest BCUT2D eigenvalue weighted by molar-refractivity contribution is -0.144. The van der Waals surface area contributed by atoms with Crippen LogP contribution in [-0.4, -0.2) is 60.2 Å². The molecule has 0 N–H and O–H groups in total. The normalized spacial score (nSPS) is 11.5. The quantitative estimate of drug-likeness (QED) is 0.295. The summed E-state index contributed by atoms with van der Waals surface area (Å²) in [7, 11) is 5.63. The molecule has 0 aromatic carbocycles. The molecule has 4 rings (SSSR count). The van der Waals surface area contributed by atoms with Gasteiger partial charge in [0.25, 0.3) is 24.5 Å². The van der Waals surface area contributed by atoms with Gasteiger partial charge < -0.3 is 14.0 Å². The minimum absolute atomic E-state index is 0. The van der Waals surface area contributed by atoms with Crippen LogP contribution in [0, 0.1) is 19.1 Å². The molecule has 4 heterocycles. The smallest absolute Gasteiger partial charge is 0.338 e. The van der Waals surface area contributed by atoms with Gasteiger partial charge in [-0.1, -0.05) is 21.3 Å². The first-order chi connectivity index (χ1) is 20.3. The Bertz CT molecular complexity index is 1890. The SMILES string of the molecule is C.COC(=O)C(C)C.[C-]#[N+]Cn1c(=O)c2c(n(C)c1=O)N=CC2.[C-]#[N+]Cn1c(=O)c2c(ncn2[C@@H](C)C(=O)OC)n(C)c1=O. The number of aryl methyl sites for hydroxylation is 1. The molecular formula is C27H35N9O8. The number of esters is 2. The first-order valence-electron chi connectivity index (χ1n) is 12.6. The summed E-state index contributed by atoms with van der Waals surface area (Å²) in [5, 5.41) is 0. The van der Waals surface area contributed by atoms with Crippen molar-refractivity contribution in [3.63, 3.8) is 0 Å². The van der Waals surface area contributed by atoms with Crippen LogP contribution in [0.5, 0.6) is 0 Å². The van der Waals surface area contributed by atoms with Gasteiger partial charge in [-0.15, -0.1) is 0 Å². The number of carbonyl (C=O) groups is 2. The van der Waals surface area contributed by atoms with Crippen molar-refractivity contribution < 1.29 is 19.1 Å². The second-order valence-electron chi connectivity index (χ2n) is 9.27. The molecule has 44 heavy (non-hydrogen) atoms. The highest BCUT2D eigenvalue weighted by atomic mass is 16.5. The van der Waals surface area contributed by atoms with Gasteiger partial charge in [-0.05, 0) is 6.92 Å². The first-order valence-corrected chi connectivity index (χ1v) is 12.6. The second kappa shape index (κ2) is 15.6. The molecule has 0 spiro atoms. The van der Waals surface area contributed by atoms with Crippen molar-refractivity contribution >= 4 is 35.1 Å². The maximum absolute atomic E-state index is 12.4. The zero-order chi connectivity index (χ0) is 32.6.